The van der Waals surface area contributed by atoms with E-state index < -0.39 is 0 Å². The second-order valence-electron chi connectivity index (χ2n) is 7.74. The number of ether oxygens (including phenoxy) is 1. The Morgan fingerprint density at radius 3 is 2.55 bits per heavy atom. The van der Waals surface area contributed by atoms with Gasteiger partial charge in [0.25, 0.3) is 0 Å². The normalized spacial score (nSPS) is 21.9. The third-order valence-corrected chi connectivity index (χ3v) is 4.08. The molecule has 0 saturated heterocycles. The standard InChI is InChI=1S/C16H29N3O/c1-15(2)8-13(9-16(3,4)12-15)18-14-10-17-19(11-14)6-7-20-5/h10-11,13,18H,6-9,12H2,1-5H3. The first-order valence-electron chi connectivity index (χ1n) is 7.58. The molecule has 4 heteroatoms. The number of anilines is 1. The lowest BCUT2D eigenvalue weighted by Gasteiger charge is -2.45. The predicted octanol–water partition coefficient (Wildman–Crippen LogP) is 3.55. The number of aromatic nitrogens is 2. The van der Waals surface area contributed by atoms with Crippen LogP contribution in [0.4, 0.5) is 5.69 Å². The van der Waals surface area contributed by atoms with Gasteiger partial charge in [0.1, 0.15) is 0 Å². The molecule has 1 N–H and O–H groups in total. The van der Waals surface area contributed by atoms with E-state index in [2.05, 4.69) is 44.3 Å². The van der Waals surface area contributed by atoms with Crippen LogP contribution in [0.1, 0.15) is 47.0 Å². The summed E-state index contributed by atoms with van der Waals surface area (Å²) in [5.74, 6) is 0. The van der Waals surface area contributed by atoms with Crippen LogP contribution in [0.3, 0.4) is 0 Å². The molecule has 0 radical (unpaired) electrons. The van der Waals surface area contributed by atoms with Crippen LogP contribution >= 0.6 is 0 Å². The highest BCUT2D eigenvalue weighted by molar-refractivity contribution is 5.39. The van der Waals surface area contributed by atoms with Crippen LogP contribution in [0.2, 0.25) is 0 Å². The van der Waals surface area contributed by atoms with Gasteiger partial charge in [-0.25, -0.2) is 0 Å². The minimum Gasteiger partial charge on any atom is -0.383 e. The topological polar surface area (TPSA) is 39.1 Å². The summed E-state index contributed by atoms with van der Waals surface area (Å²) in [7, 11) is 1.72. The molecule has 4 nitrogen and oxygen atoms in total. The summed E-state index contributed by atoms with van der Waals surface area (Å²) in [6.07, 6.45) is 7.74. The molecule has 1 aliphatic carbocycles. The average Bonchev–Trinajstić information content (AvgIpc) is 2.69. The molecule has 1 saturated carbocycles. The predicted molar refractivity (Wildman–Crippen MR) is 82.9 cm³/mol. The van der Waals surface area contributed by atoms with Crippen molar-refractivity contribution in [2.75, 3.05) is 19.0 Å². The first-order chi connectivity index (χ1) is 9.30. The fourth-order valence-electron chi connectivity index (χ4n) is 3.93. The lowest BCUT2D eigenvalue weighted by atomic mass is 9.63. The van der Waals surface area contributed by atoms with Gasteiger partial charge in [-0.2, -0.15) is 5.10 Å². The number of rotatable bonds is 5. The van der Waals surface area contributed by atoms with Gasteiger partial charge in [-0.05, 0) is 30.1 Å². The maximum Gasteiger partial charge on any atom is 0.0728 e. The molecule has 1 aliphatic rings. The zero-order valence-electron chi connectivity index (χ0n) is 13.6. The van der Waals surface area contributed by atoms with Crippen LogP contribution < -0.4 is 5.32 Å². The van der Waals surface area contributed by atoms with Crippen molar-refractivity contribution < 1.29 is 4.74 Å². The number of hydrogen-bond acceptors (Lipinski definition) is 3. The van der Waals surface area contributed by atoms with Crippen molar-refractivity contribution in [3.63, 3.8) is 0 Å². The van der Waals surface area contributed by atoms with Crippen LogP contribution in [0.25, 0.3) is 0 Å². The molecule has 1 aromatic heterocycles. The van der Waals surface area contributed by atoms with E-state index >= 15 is 0 Å². The number of nitrogens with zero attached hydrogens (tertiary/aromatic N) is 2. The summed E-state index contributed by atoms with van der Waals surface area (Å²) in [4.78, 5) is 0. The second-order valence-corrected chi connectivity index (χ2v) is 7.74. The van der Waals surface area contributed by atoms with Crippen molar-refractivity contribution in [2.45, 2.75) is 59.5 Å². The zero-order valence-corrected chi connectivity index (χ0v) is 13.6. The summed E-state index contributed by atoms with van der Waals surface area (Å²) in [6, 6.07) is 0.536. The Bertz CT molecular complexity index is 421. The van der Waals surface area contributed by atoms with Gasteiger partial charge >= 0.3 is 0 Å². The van der Waals surface area contributed by atoms with Crippen molar-refractivity contribution in [1.29, 1.82) is 0 Å². The van der Waals surface area contributed by atoms with E-state index in [4.69, 9.17) is 4.74 Å². The molecule has 0 spiro atoms. The van der Waals surface area contributed by atoms with Crippen LogP contribution in [0.15, 0.2) is 12.4 Å². The average molecular weight is 279 g/mol. The van der Waals surface area contributed by atoms with E-state index in [1.54, 1.807) is 7.11 Å². The molecule has 0 aliphatic heterocycles. The highest BCUT2D eigenvalue weighted by Crippen LogP contribution is 2.46. The second kappa shape index (κ2) is 5.76. The van der Waals surface area contributed by atoms with Crippen molar-refractivity contribution in [3.05, 3.63) is 12.4 Å². The summed E-state index contributed by atoms with van der Waals surface area (Å²) >= 11 is 0. The van der Waals surface area contributed by atoms with Gasteiger partial charge in [0.05, 0.1) is 25.0 Å². The summed E-state index contributed by atoms with van der Waals surface area (Å²) in [5, 5.41) is 8.03. The molecule has 114 valence electrons. The molecule has 2 rings (SSSR count). The number of methoxy groups -OCH3 is 1. The first-order valence-corrected chi connectivity index (χ1v) is 7.58. The maximum absolute atomic E-state index is 5.08. The van der Waals surface area contributed by atoms with Crippen molar-refractivity contribution >= 4 is 5.69 Å². The Balaban J connectivity index is 1.97. The SMILES string of the molecule is COCCn1cc(NC2CC(C)(C)CC(C)(C)C2)cn1. The van der Waals surface area contributed by atoms with Gasteiger partial charge in [-0.3, -0.25) is 4.68 Å². The first kappa shape index (κ1) is 15.4. The largest absolute Gasteiger partial charge is 0.383 e. The Morgan fingerprint density at radius 2 is 1.95 bits per heavy atom. The van der Waals surface area contributed by atoms with E-state index in [1.165, 1.54) is 19.3 Å². The van der Waals surface area contributed by atoms with Crippen LogP contribution in [0, 0.1) is 10.8 Å². The van der Waals surface area contributed by atoms with E-state index in [1.807, 2.05) is 10.9 Å². The fraction of sp³-hybridized carbons (Fsp3) is 0.812. The third-order valence-electron chi connectivity index (χ3n) is 4.08. The smallest absolute Gasteiger partial charge is 0.0728 e. The third kappa shape index (κ3) is 4.23. The molecule has 0 atom stereocenters. The van der Waals surface area contributed by atoms with E-state index in [0.717, 1.165) is 12.2 Å². The molecule has 0 aromatic carbocycles. The van der Waals surface area contributed by atoms with Crippen molar-refractivity contribution in [1.82, 2.24) is 9.78 Å². The van der Waals surface area contributed by atoms with E-state index in [9.17, 15) is 0 Å². The lowest BCUT2D eigenvalue weighted by Crippen LogP contribution is -2.40. The minimum atomic E-state index is 0.408. The quantitative estimate of drug-likeness (QED) is 0.896. The summed E-state index contributed by atoms with van der Waals surface area (Å²) in [6.45, 7) is 11.0. The Labute approximate surface area is 122 Å². The Kier molecular flexibility index (Phi) is 4.43. The fourth-order valence-corrected chi connectivity index (χ4v) is 3.93. The molecular formula is C16H29N3O. The van der Waals surface area contributed by atoms with Crippen LogP contribution in [-0.2, 0) is 11.3 Å². The Hall–Kier alpha value is -1.03. The molecule has 1 aromatic rings. The van der Waals surface area contributed by atoms with Gasteiger partial charge in [0, 0.05) is 19.3 Å². The van der Waals surface area contributed by atoms with E-state index in [-0.39, 0.29) is 0 Å². The number of nitrogens with one attached hydrogen (secondary N) is 1. The summed E-state index contributed by atoms with van der Waals surface area (Å²) < 4.78 is 7.01. The van der Waals surface area contributed by atoms with Gasteiger partial charge in [0.2, 0.25) is 0 Å². The highest BCUT2D eigenvalue weighted by Gasteiger charge is 2.38. The van der Waals surface area contributed by atoms with Gasteiger partial charge < -0.3 is 10.1 Å². The molecule has 0 bridgehead atoms. The zero-order chi connectivity index (χ0) is 14.8. The Morgan fingerprint density at radius 1 is 1.30 bits per heavy atom. The molecular weight excluding hydrogens is 250 g/mol. The van der Waals surface area contributed by atoms with Gasteiger partial charge in [-0.15, -0.1) is 0 Å². The molecule has 1 fully saturated rings. The molecule has 0 unspecified atom stereocenters. The van der Waals surface area contributed by atoms with Crippen molar-refractivity contribution in [3.8, 4) is 0 Å². The lowest BCUT2D eigenvalue weighted by molar-refractivity contribution is 0.105. The van der Waals surface area contributed by atoms with Crippen LogP contribution in [0.5, 0.6) is 0 Å². The maximum atomic E-state index is 5.08. The monoisotopic (exact) mass is 279 g/mol. The van der Waals surface area contributed by atoms with Gasteiger partial charge in [0.15, 0.2) is 0 Å². The van der Waals surface area contributed by atoms with Crippen LogP contribution in [-0.4, -0.2) is 29.5 Å². The number of hydrogen-bond donors (Lipinski definition) is 1. The minimum absolute atomic E-state index is 0.408. The molecule has 0 amide bonds. The highest BCUT2D eigenvalue weighted by atomic mass is 16.5. The molecule has 1 heterocycles. The molecule has 20 heavy (non-hydrogen) atoms. The van der Waals surface area contributed by atoms with E-state index in [0.29, 0.717) is 23.5 Å². The summed E-state index contributed by atoms with van der Waals surface area (Å²) in [5.41, 5.74) is 1.94. The van der Waals surface area contributed by atoms with Crippen molar-refractivity contribution in [2.24, 2.45) is 10.8 Å². The van der Waals surface area contributed by atoms with Gasteiger partial charge in [-0.1, -0.05) is 27.7 Å².